The van der Waals surface area contributed by atoms with Gasteiger partial charge in [0, 0.05) is 24.0 Å². The van der Waals surface area contributed by atoms with Gasteiger partial charge in [0.05, 0.1) is 67.6 Å². The highest BCUT2D eigenvalue weighted by atomic mass is 79.9. The molecule has 0 spiro atoms. The molecule has 0 saturated heterocycles. The number of benzene rings is 2. The Morgan fingerprint density at radius 2 is 0.825 bits per heavy atom. The Bertz CT molecular complexity index is 832. The van der Waals surface area contributed by atoms with E-state index in [0.717, 1.165) is 70.7 Å². The van der Waals surface area contributed by atoms with Gasteiger partial charge in [-0.05, 0) is 37.8 Å². The molecule has 6 heteroatoms. The summed E-state index contributed by atoms with van der Waals surface area (Å²) in [4.78, 5) is 0. The lowest BCUT2D eigenvalue weighted by molar-refractivity contribution is -0.890. The first kappa shape index (κ1) is 38.9. The number of unbranched alkanes of at least 4 members (excludes halogenated alkanes) is 6. The van der Waals surface area contributed by atoms with Crippen LogP contribution < -0.4 is 43.4 Å². The zero-order valence-electron chi connectivity index (χ0n) is 26.4. The highest BCUT2D eigenvalue weighted by Gasteiger charge is 2.17. The number of rotatable bonds is 21. The Balaban J connectivity index is 0.00000760. The fourth-order valence-corrected chi connectivity index (χ4v) is 5.14. The molecule has 0 unspecified atom stereocenters. The summed E-state index contributed by atoms with van der Waals surface area (Å²) in [5.74, 6) is 1.89. The number of ether oxygens (including phenoxy) is 2. The van der Waals surface area contributed by atoms with E-state index in [2.05, 4.69) is 90.6 Å². The van der Waals surface area contributed by atoms with Crippen LogP contribution in [0.25, 0.3) is 11.1 Å². The summed E-state index contributed by atoms with van der Waals surface area (Å²) < 4.78 is 14.8. The van der Waals surface area contributed by atoms with Crippen LogP contribution in [0.5, 0.6) is 11.5 Å². The minimum Gasteiger partial charge on any atom is -1.00 e. The van der Waals surface area contributed by atoms with Crippen LogP contribution in [0, 0.1) is 0 Å². The summed E-state index contributed by atoms with van der Waals surface area (Å²) in [7, 11) is 9.39. The number of para-hydroxylation sites is 2. The molecule has 2 aromatic carbocycles. The lowest BCUT2D eigenvalue weighted by atomic mass is 10.0. The third kappa shape index (κ3) is 15.8. The SMILES string of the molecule is CCCCCC[N+](C)(C)CCCOc1ccccc1-c1ccccc1OCCC[N+](C)(C)CCCCCC.[Br-].[Br-]. The monoisotopic (exact) mass is 684 g/mol. The maximum Gasteiger partial charge on any atom is 0.127 e. The highest BCUT2D eigenvalue weighted by Crippen LogP contribution is 2.36. The van der Waals surface area contributed by atoms with Gasteiger partial charge < -0.3 is 52.4 Å². The van der Waals surface area contributed by atoms with Gasteiger partial charge in [-0.25, -0.2) is 0 Å². The van der Waals surface area contributed by atoms with Crippen LogP contribution in [0.4, 0.5) is 0 Å². The van der Waals surface area contributed by atoms with Crippen LogP contribution in [0.2, 0.25) is 0 Å². The second kappa shape index (κ2) is 21.6. The van der Waals surface area contributed by atoms with Crippen molar-refractivity contribution in [3.63, 3.8) is 0 Å². The summed E-state index contributed by atoms with van der Waals surface area (Å²) in [6.45, 7) is 10.8. The Labute approximate surface area is 268 Å². The van der Waals surface area contributed by atoms with Crippen LogP contribution in [0.15, 0.2) is 48.5 Å². The first-order valence-electron chi connectivity index (χ1n) is 15.4. The van der Waals surface area contributed by atoms with Crippen molar-refractivity contribution >= 4 is 0 Å². The van der Waals surface area contributed by atoms with Gasteiger partial charge in [-0.1, -0.05) is 75.9 Å². The normalized spacial score (nSPS) is 11.4. The van der Waals surface area contributed by atoms with Crippen LogP contribution in [0.3, 0.4) is 0 Å². The van der Waals surface area contributed by atoms with Crippen molar-refractivity contribution in [1.82, 2.24) is 0 Å². The van der Waals surface area contributed by atoms with Gasteiger partial charge in [0.25, 0.3) is 0 Å². The molecule has 0 saturated carbocycles. The number of hydrogen-bond acceptors (Lipinski definition) is 2. The molecule has 40 heavy (non-hydrogen) atoms. The minimum atomic E-state index is 0. The molecule has 0 heterocycles. The van der Waals surface area contributed by atoms with Gasteiger partial charge in [0.2, 0.25) is 0 Å². The van der Waals surface area contributed by atoms with Gasteiger partial charge in [0.15, 0.2) is 0 Å². The molecule has 0 N–H and O–H groups in total. The third-order valence-electron chi connectivity index (χ3n) is 7.63. The summed E-state index contributed by atoms with van der Waals surface area (Å²) in [6.07, 6.45) is 12.7. The first-order valence-corrected chi connectivity index (χ1v) is 15.4. The van der Waals surface area contributed by atoms with Crippen molar-refractivity contribution in [2.24, 2.45) is 0 Å². The third-order valence-corrected chi connectivity index (χ3v) is 7.63. The second-order valence-electron chi connectivity index (χ2n) is 12.3. The maximum absolute atomic E-state index is 6.34. The number of nitrogens with zero attached hydrogens (tertiary/aromatic N) is 2. The zero-order valence-corrected chi connectivity index (χ0v) is 29.6. The van der Waals surface area contributed by atoms with Crippen LogP contribution in [-0.4, -0.2) is 76.5 Å². The fourth-order valence-electron chi connectivity index (χ4n) is 5.14. The van der Waals surface area contributed by atoms with E-state index in [1.807, 2.05) is 0 Å². The first-order chi connectivity index (χ1) is 18.3. The van der Waals surface area contributed by atoms with Crippen molar-refractivity contribution in [3.05, 3.63) is 48.5 Å². The fraction of sp³-hybridized carbons (Fsp3) is 0.647. The van der Waals surface area contributed by atoms with Crippen molar-refractivity contribution in [1.29, 1.82) is 0 Å². The van der Waals surface area contributed by atoms with Gasteiger partial charge in [-0.15, -0.1) is 0 Å². The van der Waals surface area contributed by atoms with E-state index in [4.69, 9.17) is 9.47 Å². The van der Waals surface area contributed by atoms with E-state index in [0.29, 0.717) is 0 Å². The van der Waals surface area contributed by atoms with Crippen molar-refractivity contribution in [2.45, 2.75) is 78.1 Å². The van der Waals surface area contributed by atoms with Gasteiger partial charge in [-0.3, -0.25) is 0 Å². The number of quaternary nitrogens is 2. The molecule has 2 rings (SSSR count). The molecule has 0 amide bonds. The Kier molecular flexibility index (Phi) is 21.0. The number of halogens is 2. The van der Waals surface area contributed by atoms with E-state index in [9.17, 15) is 0 Å². The molecule has 0 aliphatic carbocycles. The van der Waals surface area contributed by atoms with E-state index in [-0.39, 0.29) is 34.0 Å². The quantitative estimate of drug-likeness (QED) is 0.148. The zero-order chi connectivity index (χ0) is 27.7. The van der Waals surface area contributed by atoms with E-state index >= 15 is 0 Å². The largest absolute Gasteiger partial charge is 1.00 e. The van der Waals surface area contributed by atoms with Crippen LogP contribution in [0.1, 0.15) is 78.1 Å². The van der Waals surface area contributed by atoms with Gasteiger partial charge >= 0.3 is 0 Å². The summed E-state index contributed by atoms with van der Waals surface area (Å²) in [5, 5.41) is 0. The Hall–Kier alpha value is -1.08. The topological polar surface area (TPSA) is 18.5 Å². The molecular weight excluding hydrogens is 628 g/mol. The average molecular weight is 687 g/mol. The predicted octanol–water partition coefficient (Wildman–Crippen LogP) is 2.21. The summed E-state index contributed by atoms with van der Waals surface area (Å²) in [6, 6.07) is 16.8. The van der Waals surface area contributed by atoms with Gasteiger partial charge in [-0.2, -0.15) is 0 Å². The molecule has 0 fully saturated rings. The van der Waals surface area contributed by atoms with E-state index in [1.165, 1.54) is 64.5 Å². The molecule has 0 radical (unpaired) electrons. The van der Waals surface area contributed by atoms with Crippen LogP contribution >= 0.6 is 0 Å². The van der Waals surface area contributed by atoms with E-state index in [1.54, 1.807) is 0 Å². The highest BCUT2D eigenvalue weighted by molar-refractivity contribution is 5.75. The standard InChI is InChI=1S/C34H58N2O2.2BrH/c1-7-9-11-17-25-35(3,4)27-19-29-37-33-23-15-13-21-31(33)32-22-14-16-24-34(32)38-30-20-28-36(5,6)26-18-12-10-8-2;;/h13-16,21-24H,7-12,17-20,25-30H2,1-6H3;2*1H/q+2;;/p-2. The summed E-state index contributed by atoms with van der Waals surface area (Å²) in [5.41, 5.74) is 2.23. The Morgan fingerprint density at radius 3 is 1.20 bits per heavy atom. The maximum atomic E-state index is 6.34. The van der Waals surface area contributed by atoms with Crippen molar-refractivity contribution in [3.8, 4) is 22.6 Å². The molecule has 0 aliphatic heterocycles. The lowest BCUT2D eigenvalue weighted by Crippen LogP contribution is -3.00. The molecular formula is C34H58Br2N2O2. The average Bonchev–Trinajstić information content (AvgIpc) is 2.90. The Morgan fingerprint density at radius 1 is 0.475 bits per heavy atom. The van der Waals surface area contributed by atoms with Crippen molar-refractivity contribution in [2.75, 3.05) is 67.6 Å². The molecule has 0 bridgehead atoms. The molecule has 0 aliphatic rings. The van der Waals surface area contributed by atoms with Gasteiger partial charge in [0.1, 0.15) is 11.5 Å². The number of hydrogen-bond donors (Lipinski definition) is 0. The van der Waals surface area contributed by atoms with Crippen LogP contribution in [-0.2, 0) is 0 Å². The predicted molar refractivity (Wildman–Crippen MR) is 164 cm³/mol. The molecule has 2 aromatic rings. The molecule has 230 valence electrons. The lowest BCUT2D eigenvalue weighted by Gasteiger charge is -2.30. The minimum absolute atomic E-state index is 0. The second-order valence-corrected chi connectivity index (χ2v) is 12.3. The molecule has 4 nitrogen and oxygen atoms in total. The van der Waals surface area contributed by atoms with E-state index < -0.39 is 0 Å². The molecule has 0 atom stereocenters. The molecule has 0 aromatic heterocycles. The smallest absolute Gasteiger partial charge is 0.127 e. The van der Waals surface area contributed by atoms with Crippen molar-refractivity contribution < 1.29 is 52.4 Å². The summed E-state index contributed by atoms with van der Waals surface area (Å²) >= 11 is 0.